The molecule has 1 aliphatic carbocycles. The lowest BCUT2D eigenvalue weighted by Crippen LogP contribution is -2.29. The molecule has 1 fully saturated rings. The van der Waals surface area contributed by atoms with Gasteiger partial charge in [0.1, 0.15) is 5.76 Å². The number of carbonyl (C=O) groups excluding carboxylic acids is 1. The summed E-state index contributed by atoms with van der Waals surface area (Å²) in [5, 5.41) is 4.10. The molecule has 4 aromatic rings. The summed E-state index contributed by atoms with van der Waals surface area (Å²) in [6, 6.07) is 12.8. The zero-order valence-corrected chi connectivity index (χ0v) is 19.6. The van der Waals surface area contributed by atoms with Crippen LogP contribution >= 0.6 is 11.8 Å². The number of nitrogens with zero attached hydrogens (tertiary/aromatic N) is 3. The van der Waals surface area contributed by atoms with Gasteiger partial charge < -0.3 is 9.73 Å². The number of nitrogens with one attached hydrogen (secondary N) is 1. The molecule has 1 aromatic carbocycles. The van der Waals surface area contributed by atoms with Crippen molar-refractivity contribution in [2.24, 2.45) is 0 Å². The van der Waals surface area contributed by atoms with Gasteiger partial charge in [0.25, 0.3) is 11.5 Å². The monoisotopic (exact) mass is 474 g/mol. The highest BCUT2D eigenvalue weighted by molar-refractivity contribution is 7.98. The Morgan fingerprint density at radius 2 is 1.94 bits per heavy atom. The summed E-state index contributed by atoms with van der Waals surface area (Å²) in [6.45, 7) is 0.299. The number of thioether (sulfide) groups is 1. The fourth-order valence-electron chi connectivity index (χ4n) is 4.39. The maximum Gasteiger partial charge on any atom is 0.262 e. The molecule has 0 aliphatic heterocycles. The number of hydrogen-bond acceptors (Lipinski definition) is 6. The zero-order valence-electron chi connectivity index (χ0n) is 18.8. The Morgan fingerprint density at radius 1 is 1.12 bits per heavy atom. The molecule has 0 spiro atoms. The van der Waals surface area contributed by atoms with E-state index in [1.54, 1.807) is 54.7 Å². The van der Waals surface area contributed by atoms with E-state index in [2.05, 4.69) is 10.3 Å². The maximum absolute atomic E-state index is 13.6. The van der Waals surface area contributed by atoms with E-state index in [1.165, 1.54) is 6.42 Å². The Labute approximate surface area is 201 Å². The quantitative estimate of drug-likeness (QED) is 0.296. The Balaban J connectivity index is 1.48. The minimum atomic E-state index is -0.234. The average Bonchev–Trinajstić information content (AvgIpc) is 3.41. The van der Waals surface area contributed by atoms with E-state index in [-0.39, 0.29) is 17.5 Å². The molecule has 3 aromatic heterocycles. The predicted octanol–water partition coefficient (Wildman–Crippen LogP) is 5.11. The second kappa shape index (κ2) is 10.3. The van der Waals surface area contributed by atoms with Gasteiger partial charge in [-0.15, -0.1) is 0 Å². The molecule has 34 heavy (non-hydrogen) atoms. The summed E-state index contributed by atoms with van der Waals surface area (Å²) < 4.78 is 7.17. The molecule has 0 unspecified atom stereocenters. The average molecular weight is 475 g/mol. The second-order valence-corrected chi connectivity index (χ2v) is 9.44. The van der Waals surface area contributed by atoms with Crippen molar-refractivity contribution in [3.05, 3.63) is 88.4 Å². The molecular formula is C26H26N4O3S. The van der Waals surface area contributed by atoms with Crippen LogP contribution in [0.3, 0.4) is 0 Å². The SMILES string of the molecule is O=C(NCc1ccco1)c1ccc2c(=O)n(C3CCCCC3)c(SCc3ccncc3)nc2c1. The summed E-state index contributed by atoms with van der Waals surface area (Å²) in [6.07, 6.45) is 10.5. The lowest BCUT2D eigenvalue weighted by Gasteiger charge is -2.26. The lowest BCUT2D eigenvalue weighted by atomic mass is 9.95. The van der Waals surface area contributed by atoms with E-state index >= 15 is 0 Å². The molecule has 1 N–H and O–H groups in total. The van der Waals surface area contributed by atoms with Crippen molar-refractivity contribution in [1.29, 1.82) is 0 Å². The summed E-state index contributed by atoms with van der Waals surface area (Å²) in [4.78, 5) is 35.3. The largest absolute Gasteiger partial charge is 0.467 e. The molecule has 7 nitrogen and oxygen atoms in total. The van der Waals surface area contributed by atoms with Crippen LogP contribution < -0.4 is 10.9 Å². The van der Waals surface area contributed by atoms with Crippen molar-refractivity contribution in [1.82, 2.24) is 19.9 Å². The summed E-state index contributed by atoms with van der Waals surface area (Å²) in [7, 11) is 0. The van der Waals surface area contributed by atoms with E-state index in [9.17, 15) is 9.59 Å². The summed E-state index contributed by atoms with van der Waals surface area (Å²) in [5.74, 6) is 1.14. The van der Waals surface area contributed by atoms with Gasteiger partial charge in [0.15, 0.2) is 5.16 Å². The van der Waals surface area contributed by atoms with E-state index in [0.717, 1.165) is 31.2 Å². The van der Waals surface area contributed by atoms with Gasteiger partial charge in [0, 0.05) is 29.8 Å². The van der Waals surface area contributed by atoms with E-state index in [4.69, 9.17) is 9.40 Å². The standard InChI is InChI=1S/C26H26N4O3S/c31-24(28-16-21-7-4-14-33-21)19-8-9-22-23(15-19)29-26(34-17-18-10-12-27-13-11-18)30(25(22)32)20-5-2-1-3-6-20/h4,7-15,20H,1-3,5-6,16-17H2,(H,28,31). The molecule has 1 aliphatic rings. The van der Waals surface area contributed by atoms with Gasteiger partial charge in [-0.1, -0.05) is 31.0 Å². The van der Waals surface area contributed by atoms with Crippen LogP contribution in [-0.2, 0) is 12.3 Å². The number of hydrogen-bond donors (Lipinski definition) is 1. The molecule has 3 heterocycles. The van der Waals surface area contributed by atoms with Crippen molar-refractivity contribution in [2.45, 2.75) is 55.6 Å². The van der Waals surface area contributed by atoms with Crippen LogP contribution in [0.15, 0.2) is 75.5 Å². The van der Waals surface area contributed by atoms with Gasteiger partial charge in [-0.3, -0.25) is 19.1 Å². The molecule has 5 rings (SSSR count). The highest BCUT2D eigenvalue weighted by Crippen LogP contribution is 2.32. The van der Waals surface area contributed by atoms with Gasteiger partial charge in [0.05, 0.1) is 23.7 Å². The van der Waals surface area contributed by atoms with Gasteiger partial charge in [-0.2, -0.15) is 0 Å². The van der Waals surface area contributed by atoms with Crippen molar-refractivity contribution in [3.8, 4) is 0 Å². The van der Waals surface area contributed by atoms with E-state index < -0.39 is 0 Å². The fraction of sp³-hybridized carbons (Fsp3) is 0.308. The van der Waals surface area contributed by atoms with Gasteiger partial charge in [-0.25, -0.2) is 4.98 Å². The van der Waals surface area contributed by atoms with Crippen LogP contribution in [-0.4, -0.2) is 20.4 Å². The Morgan fingerprint density at radius 3 is 2.71 bits per heavy atom. The minimum absolute atomic E-state index is 0.0309. The smallest absolute Gasteiger partial charge is 0.262 e. The second-order valence-electron chi connectivity index (χ2n) is 8.50. The number of amides is 1. The number of rotatable bonds is 7. The molecule has 1 saturated carbocycles. The first-order chi connectivity index (χ1) is 16.7. The molecule has 0 atom stereocenters. The highest BCUT2D eigenvalue weighted by atomic mass is 32.2. The lowest BCUT2D eigenvalue weighted by molar-refractivity contribution is 0.0948. The number of pyridine rings is 1. The third kappa shape index (κ3) is 4.92. The van der Waals surface area contributed by atoms with Crippen molar-refractivity contribution < 1.29 is 9.21 Å². The molecule has 1 amide bonds. The molecular weight excluding hydrogens is 448 g/mol. The van der Waals surface area contributed by atoms with Crippen molar-refractivity contribution in [2.75, 3.05) is 0 Å². The number of fused-ring (bicyclic) bond motifs is 1. The predicted molar refractivity (Wildman–Crippen MR) is 132 cm³/mol. The Bertz CT molecular complexity index is 1330. The van der Waals surface area contributed by atoms with E-state index in [1.807, 2.05) is 22.8 Å². The van der Waals surface area contributed by atoms with Crippen LogP contribution in [0.25, 0.3) is 10.9 Å². The van der Waals surface area contributed by atoms with Gasteiger partial charge in [0.2, 0.25) is 0 Å². The minimum Gasteiger partial charge on any atom is -0.467 e. The number of benzene rings is 1. The van der Waals surface area contributed by atoms with Crippen molar-refractivity contribution >= 4 is 28.6 Å². The third-order valence-corrected chi connectivity index (χ3v) is 7.22. The maximum atomic E-state index is 13.6. The van der Waals surface area contributed by atoms with E-state index in [0.29, 0.717) is 39.7 Å². The van der Waals surface area contributed by atoms with Crippen LogP contribution in [0.4, 0.5) is 0 Å². The Kier molecular flexibility index (Phi) is 6.76. The van der Waals surface area contributed by atoms with Crippen LogP contribution in [0, 0.1) is 0 Å². The van der Waals surface area contributed by atoms with Crippen LogP contribution in [0.1, 0.15) is 59.8 Å². The first-order valence-electron chi connectivity index (χ1n) is 11.6. The molecule has 8 heteroatoms. The first kappa shape index (κ1) is 22.4. The number of furan rings is 1. The van der Waals surface area contributed by atoms with Gasteiger partial charge in [-0.05, 0) is 60.9 Å². The van der Waals surface area contributed by atoms with Gasteiger partial charge >= 0.3 is 0 Å². The molecule has 0 radical (unpaired) electrons. The van der Waals surface area contributed by atoms with Crippen molar-refractivity contribution in [3.63, 3.8) is 0 Å². The molecule has 0 bridgehead atoms. The molecule has 0 saturated heterocycles. The third-order valence-electron chi connectivity index (χ3n) is 6.19. The Hall–Kier alpha value is -3.39. The zero-order chi connectivity index (χ0) is 23.3. The first-order valence-corrected chi connectivity index (χ1v) is 12.6. The number of aromatic nitrogens is 3. The highest BCUT2D eigenvalue weighted by Gasteiger charge is 2.22. The topological polar surface area (TPSA) is 90.0 Å². The number of carbonyl (C=O) groups is 1. The fourth-order valence-corrected chi connectivity index (χ4v) is 5.41. The normalized spacial score (nSPS) is 14.4. The summed E-state index contributed by atoms with van der Waals surface area (Å²) >= 11 is 1.56. The summed E-state index contributed by atoms with van der Waals surface area (Å²) in [5.41, 5.74) is 2.10. The molecule has 174 valence electrons. The van der Waals surface area contributed by atoms with Crippen LogP contribution in [0.5, 0.6) is 0 Å². The van der Waals surface area contributed by atoms with Crippen LogP contribution in [0.2, 0.25) is 0 Å².